The molecular weight excluding hydrogens is 280 g/mol. The van der Waals surface area contributed by atoms with Gasteiger partial charge in [0, 0.05) is 11.1 Å². The van der Waals surface area contributed by atoms with Gasteiger partial charge in [-0.05, 0) is 24.3 Å². The number of phenolic OH excluding ortho intramolecular Hbond substituents is 2. The van der Waals surface area contributed by atoms with Crippen LogP contribution in [0.1, 0.15) is 11.1 Å². The molecule has 6 heteroatoms. The van der Waals surface area contributed by atoms with Crippen molar-refractivity contribution in [1.29, 1.82) is 10.5 Å². The summed E-state index contributed by atoms with van der Waals surface area (Å²) in [6.07, 6.45) is 0. The van der Waals surface area contributed by atoms with E-state index in [0.29, 0.717) is 10.8 Å². The van der Waals surface area contributed by atoms with Gasteiger partial charge in [0.1, 0.15) is 23.5 Å². The number of benzene rings is 2. The number of phenols is 2. The van der Waals surface area contributed by atoms with Crippen molar-refractivity contribution in [3.05, 3.63) is 46.5 Å². The molecule has 0 unspecified atom stereocenters. The molecule has 0 radical (unpaired) electrons. The molecule has 0 aliphatic rings. The SMILES string of the molecule is N#Cc1cc(O)c(O)c(C#N)c1Oc1ccc(Cl)cc1. The van der Waals surface area contributed by atoms with E-state index in [0.717, 1.165) is 6.07 Å². The number of ether oxygens (including phenoxy) is 1. The Morgan fingerprint density at radius 1 is 1.05 bits per heavy atom. The lowest BCUT2D eigenvalue weighted by Crippen LogP contribution is -1.93. The van der Waals surface area contributed by atoms with Gasteiger partial charge in [-0.3, -0.25) is 0 Å². The van der Waals surface area contributed by atoms with E-state index in [1.165, 1.54) is 0 Å². The first-order chi connectivity index (χ1) is 9.56. The van der Waals surface area contributed by atoms with Gasteiger partial charge in [0.2, 0.25) is 0 Å². The van der Waals surface area contributed by atoms with E-state index >= 15 is 0 Å². The molecule has 2 aromatic rings. The Balaban J connectivity index is 2.56. The highest BCUT2D eigenvalue weighted by molar-refractivity contribution is 6.30. The third kappa shape index (κ3) is 2.44. The predicted molar refractivity (Wildman–Crippen MR) is 70.7 cm³/mol. The largest absolute Gasteiger partial charge is 0.504 e. The quantitative estimate of drug-likeness (QED) is 0.826. The Labute approximate surface area is 119 Å². The highest BCUT2D eigenvalue weighted by Gasteiger charge is 2.19. The third-order valence-electron chi connectivity index (χ3n) is 2.50. The maximum atomic E-state index is 9.64. The first-order valence-electron chi connectivity index (χ1n) is 5.39. The van der Waals surface area contributed by atoms with Crippen LogP contribution in [0.25, 0.3) is 0 Å². The number of hydrogen-bond donors (Lipinski definition) is 2. The molecule has 0 fully saturated rings. The first-order valence-corrected chi connectivity index (χ1v) is 5.77. The number of halogens is 1. The normalized spacial score (nSPS) is 9.55. The van der Waals surface area contributed by atoms with E-state index in [9.17, 15) is 10.2 Å². The van der Waals surface area contributed by atoms with Crippen molar-refractivity contribution in [1.82, 2.24) is 0 Å². The summed E-state index contributed by atoms with van der Waals surface area (Å²) in [5.74, 6) is -0.961. The van der Waals surface area contributed by atoms with Gasteiger partial charge in [-0.2, -0.15) is 10.5 Å². The van der Waals surface area contributed by atoms with Crippen LogP contribution < -0.4 is 4.74 Å². The predicted octanol–water partition coefficient (Wildman–Crippen LogP) is 3.29. The molecule has 0 saturated carbocycles. The number of nitriles is 2. The molecule has 2 rings (SSSR count). The second kappa shape index (κ2) is 5.40. The molecule has 0 amide bonds. The van der Waals surface area contributed by atoms with Gasteiger partial charge in [-0.15, -0.1) is 0 Å². The maximum absolute atomic E-state index is 9.64. The van der Waals surface area contributed by atoms with Crippen LogP contribution in [0.4, 0.5) is 0 Å². The Morgan fingerprint density at radius 3 is 2.25 bits per heavy atom. The fraction of sp³-hybridized carbons (Fsp3) is 0. The summed E-state index contributed by atoms with van der Waals surface area (Å²) in [5.41, 5.74) is -0.372. The molecule has 2 N–H and O–H groups in total. The molecule has 2 aromatic carbocycles. The summed E-state index contributed by atoms with van der Waals surface area (Å²) in [4.78, 5) is 0. The Hall–Kier alpha value is -2.89. The van der Waals surface area contributed by atoms with Crippen molar-refractivity contribution in [2.75, 3.05) is 0 Å². The van der Waals surface area contributed by atoms with Crippen LogP contribution in [0, 0.1) is 22.7 Å². The number of nitrogens with zero attached hydrogens (tertiary/aromatic N) is 2. The summed E-state index contributed by atoms with van der Waals surface area (Å²) < 4.78 is 5.44. The van der Waals surface area contributed by atoms with E-state index in [1.54, 1.807) is 36.4 Å². The van der Waals surface area contributed by atoms with Crippen LogP contribution in [-0.2, 0) is 0 Å². The Bertz CT molecular complexity index is 743. The van der Waals surface area contributed by atoms with Crippen molar-refractivity contribution in [3.63, 3.8) is 0 Å². The zero-order chi connectivity index (χ0) is 14.7. The molecule has 0 spiro atoms. The standard InChI is InChI=1S/C14H7ClN2O3/c15-9-1-3-10(4-2-9)20-14-8(6-16)5-12(18)13(19)11(14)7-17/h1-5,18-19H. The van der Waals surface area contributed by atoms with E-state index in [2.05, 4.69) is 0 Å². The van der Waals surface area contributed by atoms with Crippen LogP contribution in [0.2, 0.25) is 5.02 Å². The lowest BCUT2D eigenvalue weighted by Gasteiger charge is -2.11. The van der Waals surface area contributed by atoms with Gasteiger partial charge in [0.25, 0.3) is 0 Å². The molecule has 0 heterocycles. The maximum Gasteiger partial charge on any atom is 0.179 e. The number of aromatic hydroxyl groups is 2. The van der Waals surface area contributed by atoms with Crippen LogP contribution in [-0.4, -0.2) is 10.2 Å². The average molecular weight is 287 g/mol. The molecular formula is C14H7ClN2O3. The highest BCUT2D eigenvalue weighted by Crippen LogP contribution is 2.40. The fourth-order valence-electron chi connectivity index (χ4n) is 1.55. The number of rotatable bonds is 2. The molecule has 0 saturated heterocycles. The van der Waals surface area contributed by atoms with E-state index in [-0.39, 0.29) is 16.9 Å². The van der Waals surface area contributed by atoms with Crippen molar-refractivity contribution < 1.29 is 14.9 Å². The Morgan fingerprint density at radius 2 is 1.70 bits per heavy atom. The van der Waals surface area contributed by atoms with Crippen LogP contribution in [0.3, 0.4) is 0 Å². The summed E-state index contributed by atoms with van der Waals surface area (Å²) in [6.45, 7) is 0. The van der Waals surface area contributed by atoms with Gasteiger partial charge in [0.05, 0.1) is 5.56 Å². The minimum atomic E-state index is -0.629. The van der Waals surface area contributed by atoms with Gasteiger partial charge < -0.3 is 14.9 Å². The smallest absolute Gasteiger partial charge is 0.179 e. The van der Waals surface area contributed by atoms with Gasteiger partial charge in [-0.25, -0.2) is 0 Å². The summed E-state index contributed by atoms with van der Waals surface area (Å²) >= 11 is 5.74. The fourth-order valence-corrected chi connectivity index (χ4v) is 1.68. The molecule has 5 nitrogen and oxygen atoms in total. The zero-order valence-corrected chi connectivity index (χ0v) is 10.7. The molecule has 0 atom stereocenters. The van der Waals surface area contributed by atoms with Gasteiger partial charge >= 0.3 is 0 Å². The lowest BCUT2D eigenvalue weighted by atomic mass is 10.1. The van der Waals surface area contributed by atoms with Crippen LogP contribution >= 0.6 is 11.6 Å². The molecule has 0 aliphatic heterocycles. The van der Waals surface area contributed by atoms with Crippen LogP contribution in [0.15, 0.2) is 30.3 Å². The second-order valence-corrected chi connectivity index (χ2v) is 4.21. The number of hydrogen-bond acceptors (Lipinski definition) is 5. The van der Waals surface area contributed by atoms with Crippen molar-refractivity contribution >= 4 is 11.6 Å². The van der Waals surface area contributed by atoms with Crippen molar-refractivity contribution in [3.8, 4) is 35.1 Å². The van der Waals surface area contributed by atoms with Gasteiger partial charge in [0.15, 0.2) is 17.2 Å². The van der Waals surface area contributed by atoms with Crippen LogP contribution in [0.5, 0.6) is 23.0 Å². The molecule has 0 bridgehead atoms. The summed E-state index contributed by atoms with van der Waals surface area (Å²) in [6, 6.07) is 10.8. The molecule has 20 heavy (non-hydrogen) atoms. The second-order valence-electron chi connectivity index (χ2n) is 3.78. The molecule has 98 valence electrons. The average Bonchev–Trinajstić information content (AvgIpc) is 2.45. The van der Waals surface area contributed by atoms with E-state index in [1.807, 2.05) is 0 Å². The molecule has 0 aliphatic carbocycles. The van der Waals surface area contributed by atoms with Crippen molar-refractivity contribution in [2.24, 2.45) is 0 Å². The summed E-state index contributed by atoms with van der Waals surface area (Å²) in [5, 5.41) is 37.6. The minimum absolute atomic E-state index is 0.0631. The lowest BCUT2D eigenvalue weighted by molar-refractivity contribution is 0.395. The minimum Gasteiger partial charge on any atom is -0.504 e. The van der Waals surface area contributed by atoms with E-state index < -0.39 is 11.5 Å². The Kier molecular flexibility index (Phi) is 3.65. The van der Waals surface area contributed by atoms with Gasteiger partial charge in [-0.1, -0.05) is 11.6 Å². The molecule has 0 aromatic heterocycles. The zero-order valence-electron chi connectivity index (χ0n) is 9.96. The van der Waals surface area contributed by atoms with Crippen molar-refractivity contribution in [2.45, 2.75) is 0 Å². The summed E-state index contributed by atoms with van der Waals surface area (Å²) in [7, 11) is 0. The highest BCUT2D eigenvalue weighted by atomic mass is 35.5. The first kappa shape index (κ1) is 13.5. The van der Waals surface area contributed by atoms with E-state index in [4.69, 9.17) is 26.9 Å². The third-order valence-corrected chi connectivity index (χ3v) is 2.75. The monoisotopic (exact) mass is 286 g/mol. The topological polar surface area (TPSA) is 97.3 Å².